The quantitative estimate of drug-likeness (QED) is 0.831. The van der Waals surface area contributed by atoms with E-state index in [1.165, 1.54) is 16.7 Å². The lowest BCUT2D eigenvalue weighted by molar-refractivity contribution is -0.0989. The Kier molecular flexibility index (Phi) is 5.85. The number of nitrogens with zero attached hydrogens (tertiary/aromatic N) is 1. The summed E-state index contributed by atoms with van der Waals surface area (Å²) in [7, 11) is 1.72. The molecule has 0 aromatic heterocycles. The third-order valence-corrected chi connectivity index (χ3v) is 5.88. The molecule has 2 aliphatic rings. The van der Waals surface area contributed by atoms with Gasteiger partial charge in [0.2, 0.25) is 0 Å². The first-order valence-corrected chi connectivity index (χ1v) is 10.1. The van der Waals surface area contributed by atoms with Crippen molar-refractivity contribution in [1.29, 1.82) is 0 Å². The Hall–Kier alpha value is -2.08. The van der Waals surface area contributed by atoms with Crippen LogP contribution < -0.4 is 9.47 Å². The van der Waals surface area contributed by atoms with E-state index in [0.29, 0.717) is 6.61 Å². The molecule has 4 rings (SSSR count). The molecule has 2 aliphatic heterocycles. The molecule has 0 amide bonds. The molecule has 2 aromatic rings. The summed E-state index contributed by atoms with van der Waals surface area (Å²) in [6.07, 6.45) is 2.97. The van der Waals surface area contributed by atoms with Crippen LogP contribution in [0.4, 0.5) is 0 Å². The van der Waals surface area contributed by atoms with E-state index in [9.17, 15) is 0 Å². The molecule has 0 radical (unpaired) electrons. The van der Waals surface area contributed by atoms with Crippen molar-refractivity contribution < 1.29 is 19.3 Å². The van der Waals surface area contributed by atoms with Crippen LogP contribution in [0, 0.1) is 0 Å². The molecule has 28 heavy (non-hydrogen) atoms. The predicted molar refractivity (Wildman–Crippen MR) is 108 cm³/mol. The molecule has 2 aromatic carbocycles. The lowest BCUT2D eigenvalue weighted by atomic mass is 9.79. The molecule has 5 heteroatoms. The van der Waals surface area contributed by atoms with Crippen LogP contribution >= 0.6 is 0 Å². The van der Waals surface area contributed by atoms with E-state index in [0.717, 1.165) is 57.0 Å². The average molecular weight is 383 g/mol. The number of hydrogen-bond acceptors (Lipinski definition) is 5. The summed E-state index contributed by atoms with van der Waals surface area (Å²) in [5.41, 5.74) is 3.80. The summed E-state index contributed by atoms with van der Waals surface area (Å²) in [6.45, 7) is 4.07. The minimum absolute atomic E-state index is 0.0335. The highest BCUT2D eigenvalue weighted by molar-refractivity contribution is 5.41. The van der Waals surface area contributed by atoms with Gasteiger partial charge in [-0.3, -0.25) is 4.90 Å². The maximum Gasteiger partial charge on any atom is 0.119 e. The fraction of sp³-hybridized carbons (Fsp3) is 0.478. The van der Waals surface area contributed by atoms with Crippen LogP contribution in [0.5, 0.6) is 11.5 Å². The molecular formula is C23H29NO4. The second kappa shape index (κ2) is 8.52. The van der Waals surface area contributed by atoms with Crippen molar-refractivity contribution in [3.8, 4) is 11.5 Å². The summed E-state index contributed by atoms with van der Waals surface area (Å²) >= 11 is 0. The van der Waals surface area contributed by atoms with Gasteiger partial charge in [0.05, 0.1) is 25.9 Å². The van der Waals surface area contributed by atoms with E-state index >= 15 is 0 Å². The Labute approximate surface area is 166 Å². The summed E-state index contributed by atoms with van der Waals surface area (Å²) in [6, 6.07) is 14.6. The van der Waals surface area contributed by atoms with Crippen LogP contribution in [-0.4, -0.2) is 50.0 Å². The molecule has 0 aliphatic carbocycles. The second-order valence-corrected chi connectivity index (χ2v) is 7.61. The van der Waals surface area contributed by atoms with Crippen LogP contribution in [0.2, 0.25) is 0 Å². The highest BCUT2D eigenvalue weighted by Crippen LogP contribution is 2.42. The molecule has 150 valence electrons. The minimum atomic E-state index is -0.150. The summed E-state index contributed by atoms with van der Waals surface area (Å²) < 4.78 is 17.3. The van der Waals surface area contributed by atoms with Crippen LogP contribution in [0.3, 0.4) is 0 Å². The number of hydrogen-bond donors (Lipinski definition) is 1. The van der Waals surface area contributed by atoms with Gasteiger partial charge in [0.15, 0.2) is 0 Å². The Morgan fingerprint density at radius 3 is 2.75 bits per heavy atom. The number of fused-ring (bicyclic) bond motifs is 2. The number of aliphatic hydroxyl groups excluding tert-OH is 1. The maximum atomic E-state index is 8.93. The van der Waals surface area contributed by atoms with Gasteiger partial charge in [-0.1, -0.05) is 18.2 Å². The third kappa shape index (κ3) is 4.02. The van der Waals surface area contributed by atoms with E-state index in [-0.39, 0.29) is 12.2 Å². The monoisotopic (exact) mass is 383 g/mol. The van der Waals surface area contributed by atoms with Crippen molar-refractivity contribution in [3.63, 3.8) is 0 Å². The fourth-order valence-electron chi connectivity index (χ4n) is 4.42. The minimum Gasteiger partial charge on any atom is -0.497 e. The number of aliphatic hydroxyl groups is 1. The van der Waals surface area contributed by atoms with Gasteiger partial charge in [-0.05, 0) is 60.2 Å². The third-order valence-electron chi connectivity index (χ3n) is 5.88. The lowest BCUT2D eigenvalue weighted by Gasteiger charge is -2.45. The van der Waals surface area contributed by atoms with Gasteiger partial charge in [0, 0.05) is 19.6 Å². The zero-order valence-corrected chi connectivity index (χ0v) is 16.5. The predicted octanol–water partition coefficient (Wildman–Crippen LogP) is 3.13. The van der Waals surface area contributed by atoms with Gasteiger partial charge in [-0.25, -0.2) is 0 Å². The Balaban J connectivity index is 1.42. The van der Waals surface area contributed by atoms with Crippen LogP contribution in [-0.2, 0) is 23.3 Å². The molecule has 5 nitrogen and oxygen atoms in total. The van der Waals surface area contributed by atoms with Gasteiger partial charge < -0.3 is 19.3 Å². The van der Waals surface area contributed by atoms with E-state index in [1.807, 2.05) is 12.1 Å². The van der Waals surface area contributed by atoms with E-state index in [1.54, 1.807) is 7.11 Å². The number of rotatable bonds is 6. The van der Waals surface area contributed by atoms with Gasteiger partial charge in [-0.15, -0.1) is 0 Å². The van der Waals surface area contributed by atoms with Crippen molar-refractivity contribution in [1.82, 2.24) is 4.90 Å². The number of methoxy groups -OCH3 is 1. The first kappa shape index (κ1) is 19.2. The number of likely N-dealkylation sites (tertiary alicyclic amines) is 1. The standard InChI is InChI=1S/C23H29NO4/c1-26-20-5-6-22-19(16-20)7-13-28-23(22)8-10-24(11-9-23)17-18-3-2-4-21(15-18)27-14-12-25/h2-6,15-16,25H,7-14,17H2,1H3. The smallest absolute Gasteiger partial charge is 0.119 e. The molecule has 1 spiro atoms. The van der Waals surface area contributed by atoms with Gasteiger partial charge in [-0.2, -0.15) is 0 Å². The molecule has 2 heterocycles. The Morgan fingerprint density at radius 2 is 1.96 bits per heavy atom. The van der Waals surface area contributed by atoms with Crippen molar-refractivity contribution >= 4 is 0 Å². The van der Waals surface area contributed by atoms with E-state index in [2.05, 4.69) is 35.2 Å². The summed E-state index contributed by atoms with van der Waals surface area (Å²) in [4.78, 5) is 2.48. The number of benzene rings is 2. The zero-order chi connectivity index (χ0) is 19.4. The molecule has 0 bridgehead atoms. The first-order chi connectivity index (χ1) is 13.7. The summed E-state index contributed by atoms with van der Waals surface area (Å²) in [5.74, 6) is 1.75. The molecule has 0 saturated carbocycles. The normalized spacial score (nSPS) is 18.6. The molecular weight excluding hydrogens is 354 g/mol. The summed E-state index contributed by atoms with van der Waals surface area (Å²) in [5, 5.41) is 8.93. The number of ether oxygens (including phenoxy) is 3. The van der Waals surface area contributed by atoms with Gasteiger partial charge in [0.25, 0.3) is 0 Å². The van der Waals surface area contributed by atoms with Crippen molar-refractivity contribution in [2.75, 3.05) is 40.0 Å². The molecule has 0 unspecified atom stereocenters. The topological polar surface area (TPSA) is 51.2 Å². The highest BCUT2D eigenvalue weighted by Gasteiger charge is 2.40. The van der Waals surface area contributed by atoms with E-state index < -0.39 is 0 Å². The molecule has 0 atom stereocenters. The number of piperidine rings is 1. The highest BCUT2D eigenvalue weighted by atomic mass is 16.5. The van der Waals surface area contributed by atoms with Crippen molar-refractivity contribution in [3.05, 3.63) is 59.2 Å². The van der Waals surface area contributed by atoms with Crippen LogP contribution in [0.1, 0.15) is 29.5 Å². The second-order valence-electron chi connectivity index (χ2n) is 7.61. The Morgan fingerprint density at radius 1 is 1.11 bits per heavy atom. The van der Waals surface area contributed by atoms with Crippen LogP contribution in [0.15, 0.2) is 42.5 Å². The Bertz CT molecular complexity index is 799. The average Bonchev–Trinajstić information content (AvgIpc) is 2.74. The maximum absolute atomic E-state index is 8.93. The largest absolute Gasteiger partial charge is 0.497 e. The lowest BCUT2D eigenvalue weighted by Crippen LogP contribution is -2.46. The van der Waals surface area contributed by atoms with E-state index in [4.69, 9.17) is 19.3 Å². The zero-order valence-electron chi connectivity index (χ0n) is 16.5. The SMILES string of the molecule is COc1ccc2c(c1)CCOC21CCN(Cc2cccc(OCCO)c2)CC1. The molecule has 1 saturated heterocycles. The fourth-order valence-corrected chi connectivity index (χ4v) is 4.42. The van der Waals surface area contributed by atoms with Crippen molar-refractivity contribution in [2.45, 2.75) is 31.4 Å². The first-order valence-electron chi connectivity index (χ1n) is 10.1. The molecule has 1 N–H and O–H groups in total. The van der Waals surface area contributed by atoms with Crippen LogP contribution in [0.25, 0.3) is 0 Å². The molecule has 1 fully saturated rings. The van der Waals surface area contributed by atoms with Gasteiger partial charge >= 0.3 is 0 Å². The van der Waals surface area contributed by atoms with Gasteiger partial charge in [0.1, 0.15) is 18.1 Å². The van der Waals surface area contributed by atoms with Crippen molar-refractivity contribution in [2.24, 2.45) is 0 Å².